The molecule has 0 unspecified atom stereocenters. The smallest absolute Gasteiger partial charge is 0.134 e. The van der Waals surface area contributed by atoms with Gasteiger partial charge in [0.1, 0.15) is 12.0 Å². The third-order valence-electron chi connectivity index (χ3n) is 2.26. The highest BCUT2D eigenvalue weighted by Gasteiger charge is 2.00. The molecule has 88 valence electrons. The van der Waals surface area contributed by atoms with Crippen LogP contribution in [0, 0.1) is 11.8 Å². The number of methoxy groups -OCH3 is 1. The van der Waals surface area contributed by atoms with Crippen molar-refractivity contribution in [2.75, 3.05) is 7.11 Å². The fraction of sp³-hybridized carbons (Fsp3) is 0.267. The molecule has 2 heteroatoms. The molecule has 1 rings (SSSR count). The molecule has 0 aliphatic carbocycles. The van der Waals surface area contributed by atoms with E-state index in [1.165, 1.54) is 0 Å². The maximum atomic E-state index is 10.2. The number of ether oxygens (including phenoxy) is 1. The van der Waals surface area contributed by atoms with Crippen molar-refractivity contribution in [1.82, 2.24) is 0 Å². The van der Waals surface area contributed by atoms with Crippen LogP contribution in [0.15, 0.2) is 30.9 Å². The zero-order chi connectivity index (χ0) is 12.5. The Morgan fingerprint density at radius 2 is 2.29 bits per heavy atom. The molecule has 0 bridgehead atoms. The number of unbranched alkanes of at least 4 members (excludes halogenated alkanes) is 1. The van der Waals surface area contributed by atoms with Gasteiger partial charge in [0.05, 0.1) is 12.7 Å². The van der Waals surface area contributed by atoms with E-state index >= 15 is 0 Å². The minimum absolute atomic E-state index is 0.476. The summed E-state index contributed by atoms with van der Waals surface area (Å²) in [6, 6.07) is 5.91. The van der Waals surface area contributed by atoms with Crippen LogP contribution in [-0.2, 0) is 11.2 Å². The van der Waals surface area contributed by atoms with Crippen molar-refractivity contribution >= 4 is 6.29 Å². The number of benzene rings is 1. The summed E-state index contributed by atoms with van der Waals surface area (Å²) >= 11 is 0. The van der Waals surface area contributed by atoms with Gasteiger partial charge < -0.3 is 9.53 Å². The third kappa shape index (κ3) is 4.16. The zero-order valence-corrected chi connectivity index (χ0v) is 10.0. The van der Waals surface area contributed by atoms with E-state index in [0.29, 0.717) is 12.8 Å². The van der Waals surface area contributed by atoms with E-state index in [1.807, 2.05) is 24.3 Å². The van der Waals surface area contributed by atoms with Crippen molar-refractivity contribution in [2.24, 2.45) is 0 Å². The molecule has 1 aromatic rings. The summed E-state index contributed by atoms with van der Waals surface area (Å²) in [6.07, 6.45) is 4.60. The van der Waals surface area contributed by atoms with E-state index < -0.39 is 0 Å². The topological polar surface area (TPSA) is 26.3 Å². The fourth-order valence-electron chi connectivity index (χ4n) is 1.42. The molecule has 17 heavy (non-hydrogen) atoms. The van der Waals surface area contributed by atoms with Gasteiger partial charge in [-0.2, -0.15) is 0 Å². The van der Waals surface area contributed by atoms with Gasteiger partial charge in [-0.1, -0.05) is 24.0 Å². The normalized spacial score (nSPS) is 9.00. The van der Waals surface area contributed by atoms with Gasteiger partial charge in [0, 0.05) is 12.8 Å². The number of rotatable bonds is 5. The van der Waals surface area contributed by atoms with Crippen LogP contribution in [0.3, 0.4) is 0 Å². The van der Waals surface area contributed by atoms with Gasteiger partial charge in [-0.15, -0.1) is 6.58 Å². The van der Waals surface area contributed by atoms with Crippen LogP contribution in [0.4, 0.5) is 0 Å². The molecular formula is C15H16O2. The highest BCUT2D eigenvalue weighted by atomic mass is 16.5. The molecule has 0 aliphatic heterocycles. The molecule has 0 amide bonds. The van der Waals surface area contributed by atoms with Crippen LogP contribution in [0.2, 0.25) is 0 Å². The number of carbonyl (C=O) groups excluding carboxylic acids is 1. The standard InChI is InChI=1S/C15H16O2/c1-3-7-13-9-10-14(15(12-13)17-2)8-5-4-6-11-16/h3,9-12H,1,4,6-7H2,2H3. The first-order valence-electron chi connectivity index (χ1n) is 5.52. The summed E-state index contributed by atoms with van der Waals surface area (Å²) in [4.78, 5) is 10.2. The van der Waals surface area contributed by atoms with Crippen LogP contribution >= 0.6 is 0 Å². The largest absolute Gasteiger partial charge is 0.495 e. The summed E-state index contributed by atoms with van der Waals surface area (Å²) in [5, 5.41) is 0. The summed E-state index contributed by atoms with van der Waals surface area (Å²) in [5.41, 5.74) is 2.00. The van der Waals surface area contributed by atoms with Crippen molar-refractivity contribution < 1.29 is 9.53 Å². The second-order valence-corrected chi connectivity index (χ2v) is 3.53. The molecular weight excluding hydrogens is 212 g/mol. The first-order chi connectivity index (χ1) is 8.31. The van der Waals surface area contributed by atoms with Gasteiger partial charge in [0.15, 0.2) is 0 Å². The van der Waals surface area contributed by atoms with E-state index in [1.54, 1.807) is 7.11 Å². The summed E-state index contributed by atoms with van der Waals surface area (Å²) in [5.74, 6) is 6.72. The predicted octanol–water partition coefficient (Wildman–Crippen LogP) is 2.75. The van der Waals surface area contributed by atoms with E-state index in [0.717, 1.165) is 29.6 Å². The predicted molar refractivity (Wildman–Crippen MR) is 69.1 cm³/mol. The summed E-state index contributed by atoms with van der Waals surface area (Å²) in [6.45, 7) is 3.70. The lowest BCUT2D eigenvalue weighted by Crippen LogP contribution is -1.90. The maximum Gasteiger partial charge on any atom is 0.134 e. The van der Waals surface area contributed by atoms with E-state index in [4.69, 9.17) is 4.74 Å². The van der Waals surface area contributed by atoms with Gasteiger partial charge in [0.2, 0.25) is 0 Å². The molecule has 0 saturated carbocycles. The van der Waals surface area contributed by atoms with E-state index in [9.17, 15) is 4.79 Å². The first kappa shape index (κ1) is 13.1. The average molecular weight is 228 g/mol. The Hall–Kier alpha value is -2.01. The zero-order valence-electron chi connectivity index (χ0n) is 10.0. The second-order valence-electron chi connectivity index (χ2n) is 3.53. The van der Waals surface area contributed by atoms with Gasteiger partial charge in [-0.05, 0) is 24.1 Å². The Bertz CT molecular complexity index is 450. The molecule has 0 radical (unpaired) electrons. The van der Waals surface area contributed by atoms with E-state index in [-0.39, 0.29) is 0 Å². The molecule has 1 aromatic carbocycles. The lowest BCUT2D eigenvalue weighted by atomic mass is 10.1. The Morgan fingerprint density at radius 3 is 2.94 bits per heavy atom. The quantitative estimate of drug-likeness (QED) is 0.335. The number of carbonyl (C=O) groups is 1. The fourth-order valence-corrected chi connectivity index (χ4v) is 1.42. The van der Waals surface area contributed by atoms with E-state index in [2.05, 4.69) is 18.4 Å². The van der Waals surface area contributed by atoms with Gasteiger partial charge in [-0.3, -0.25) is 0 Å². The lowest BCUT2D eigenvalue weighted by Gasteiger charge is -2.05. The van der Waals surface area contributed by atoms with Crippen LogP contribution < -0.4 is 4.74 Å². The number of allylic oxidation sites excluding steroid dienone is 1. The van der Waals surface area contributed by atoms with Crippen LogP contribution in [0.5, 0.6) is 5.75 Å². The maximum absolute atomic E-state index is 10.2. The third-order valence-corrected chi connectivity index (χ3v) is 2.26. The number of hydrogen-bond acceptors (Lipinski definition) is 2. The molecule has 0 saturated heterocycles. The Morgan fingerprint density at radius 1 is 1.47 bits per heavy atom. The minimum atomic E-state index is 0.476. The van der Waals surface area contributed by atoms with Crippen molar-refractivity contribution in [3.63, 3.8) is 0 Å². The molecule has 0 fully saturated rings. The molecule has 0 aliphatic rings. The number of hydrogen-bond donors (Lipinski definition) is 0. The van der Waals surface area contributed by atoms with Crippen molar-refractivity contribution in [3.05, 3.63) is 42.0 Å². The molecule has 0 spiro atoms. The van der Waals surface area contributed by atoms with Crippen molar-refractivity contribution in [3.8, 4) is 17.6 Å². The van der Waals surface area contributed by atoms with Gasteiger partial charge in [0.25, 0.3) is 0 Å². The molecule has 0 N–H and O–H groups in total. The van der Waals surface area contributed by atoms with Crippen LogP contribution in [0.25, 0.3) is 0 Å². The summed E-state index contributed by atoms with van der Waals surface area (Å²) in [7, 11) is 1.63. The Kier molecular flexibility index (Phi) is 5.60. The van der Waals surface area contributed by atoms with Crippen LogP contribution in [-0.4, -0.2) is 13.4 Å². The Labute approximate surface area is 102 Å². The highest BCUT2D eigenvalue weighted by molar-refractivity contribution is 5.51. The van der Waals surface area contributed by atoms with Crippen LogP contribution in [0.1, 0.15) is 24.0 Å². The van der Waals surface area contributed by atoms with Crippen molar-refractivity contribution in [2.45, 2.75) is 19.3 Å². The highest BCUT2D eigenvalue weighted by Crippen LogP contribution is 2.19. The van der Waals surface area contributed by atoms with Gasteiger partial charge >= 0.3 is 0 Å². The lowest BCUT2D eigenvalue weighted by molar-refractivity contribution is -0.107. The molecule has 0 aromatic heterocycles. The Balaban J connectivity index is 2.86. The average Bonchev–Trinajstić information content (AvgIpc) is 2.36. The number of aldehydes is 1. The van der Waals surface area contributed by atoms with Crippen molar-refractivity contribution in [1.29, 1.82) is 0 Å². The summed E-state index contributed by atoms with van der Waals surface area (Å²) < 4.78 is 5.28. The minimum Gasteiger partial charge on any atom is -0.495 e. The molecule has 2 nitrogen and oxygen atoms in total. The first-order valence-corrected chi connectivity index (χ1v) is 5.52. The SMILES string of the molecule is C=CCc1ccc(C#CCCC=O)c(OC)c1. The van der Waals surface area contributed by atoms with Gasteiger partial charge in [-0.25, -0.2) is 0 Å². The second kappa shape index (κ2) is 7.29. The monoisotopic (exact) mass is 228 g/mol. The molecule has 0 atom stereocenters. The molecule has 0 heterocycles.